The standard InChI is InChI=1S/C17H25NO3/c1-13(14-8-9-14)18(10-11-20-2)12-16(19)15-6-4-5-7-17(15)21-3/h4-7,13-14H,8-12H2,1-3H3. The molecule has 1 fully saturated rings. The van der Waals surface area contributed by atoms with Gasteiger partial charge in [0.25, 0.3) is 0 Å². The van der Waals surface area contributed by atoms with Gasteiger partial charge in [-0.05, 0) is 37.8 Å². The van der Waals surface area contributed by atoms with E-state index < -0.39 is 0 Å². The number of carbonyl (C=O) groups excluding carboxylic acids is 1. The van der Waals surface area contributed by atoms with E-state index in [1.54, 1.807) is 14.2 Å². The van der Waals surface area contributed by atoms with Crippen molar-refractivity contribution in [3.05, 3.63) is 29.8 Å². The fraction of sp³-hybridized carbons (Fsp3) is 0.588. The van der Waals surface area contributed by atoms with E-state index in [-0.39, 0.29) is 5.78 Å². The maximum Gasteiger partial charge on any atom is 0.180 e. The molecule has 1 unspecified atom stereocenters. The average molecular weight is 291 g/mol. The lowest BCUT2D eigenvalue weighted by Gasteiger charge is -2.28. The van der Waals surface area contributed by atoms with Gasteiger partial charge in [-0.15, -0.1) is 0 Å². The van der Waals surface area contributed by atoms with E-state index in [1.165, 1.54) is 12.8 Å². The molecule has 0 N–H and O–H groups in total. The molecule has 0 bridgehead atoms. The molecular weight excluding hydrogens is 266 g/mol. The SMILES string of the molecule is COCCN(CC(=O)c1ccccc1OC)C(C)C1CC1. The van der Waals surface area contributed by atoms with E-state index in [4.69, 9.17) is 9.47 Å². The highest BCUT2D eigenvalue weighted by Gasteiger charge is 2.32. The monoisotopic (exact) mass is 291 g/mol. The molecule has 0 saturated heterocycles. The van der Waals surface area contributed by atoms with E-state index in [2.05, 4.69) is 11.8 Å². The van der Waals surface area contributed by atoms with Crippen LogP contribution in [0.4, 0.5) is 0 Å². The van der Waals surface area contributed by atoms with Crippen LogP contribution in [0.2, 0.25) is 0 Å². The van der Waals surface area contributed by atoms with Crippen LogP contribution >= 0.6 is 0 Å². The van der Waals surface area contributed by atoms with Gasteiger partial charge >= 0.3 is 0 Å². The molecule has 0 radical (unpaired) electrons. The Morgan fingerprint density at radius 3 is 2.67 bits per heavy atom. The van der Waals surface area contributed by atoms with E-state index >= 15 is 0 Å². The third-order valence-corrected chi connectivity index (χ3v) is 4.22. The molecule has 0 heterocycles. The normalized spacial score (nSPS) is 16.0. The number of carbonyl (C=O) groups is 1. The fourth-order valence-corrected chi connectivity index (χ4v) is 2.66. The number of hydrogen-bond acceptors (Lipinski definition) is 4. The molecule has 21 heavy (non-hydrogen) atoms. The lowest BCUT2D eigenvalue weighted by Crippen LogP contribution is -2.40. The minimum atomic E-state index is 0.107. The van der Waals surface area contributed by atoms with Gasteiger partial charge in [0.05, 0.1) is 25.8 Å². The highest BCUT2D eigenvalue weighted by molar-refractivity contribution is 6.00. The zero-order valence-corrected chi connectivity index (χ0v) is 13.2. The minimum Gasteiger partial charge on any atom is -0.496 e. The molecule has 1 aromatic rings. The summed E-state index contributed by atoms with van der Waals surface area (Å²) >= 11 is 0. The summed E-state index contributed by atoms with van der Waals surface area (Å²) in [5.41, 5.74) is 0.658. The zero-order chi connectivity index (χ0) is 15.2. The predicted octanol–water partition coefficient (Wildman–Crippen LogP) is 2.62. The van der Waals surface area contributed by atoms with Crippen LogP contribution in [-0.2, 0) is 4.74 Å². The first-order valence-corrected chi connectivity index (χ1v) is 7.56. The van der Waals surface area contributed by atoms with Crippen molar-refractivity contribution in [2.24, 2.45) is 5.92 Å². The highest BCUT2D eigenvalue weighted by atomic mass is 16.5. The highest BCUT2D eigenvalue weighted by Crippen LogP contribution is 2.35. The number of ketones is 1. The van der Waals surface area contributed by atoms with Crippen molar-refractivity contribution in [3.63, 3.8) is 0 Å². The van der Waals surface area contributed by atoms with Crippen LogP contribution in [-0.4, -0.2) is 50.6 Å². The van der Waals surface area contributed by atoms with Crippen molar-refractivity contribution in [1.82, 2.24) is 4.90 Å². The third kappa shape index (κ3) is 4.29. The van der Waals surface area contributed by atoms with Crippen LogP contribution in [0, 0.1) is 5.92 Å². The topological polar surface area (TPSA) is 38.8 Å². The summed E-state index contributed by atoms with van der Waals surface area (Å²) in [5.74, 6) is 1.48. The van der Waals surface area contributed by atoms with Gasteiger partial charge < -0.3 is 9.47 Å². The Labute approximate surface area is 127 Å². The third-order valence-electron chi connectivity index (χ3n) is 4.22. The summed E-state index contributed by atoms with van der Waals surface area (Å²) < 4.78 is 10.5. The van der Waals surface area contributed by atoms with Gasteiger partial charge in [0.2, 0.25) is 0 Å². The Hall–Kier alpha value is -1.39. The first-order valence-electron chi connectivity index (χ1n) is 7.56. The Morgan fingerprint density at radius 2 is 2.05 bits per heavy atom. The maximum atomic E-state index is 12.6. The van der Waals surface area contributed by atoms with Crippen LogP contribution in [0.3, 0.4) is 0 Å². The average Bonchev–Trinajstić information content (AvgIpc) is 3.35. The summed E-state index contributed by atoms with van der Waals surface area (Å²) in [7, 11) is 3.30. The molecule has 2 rings (SSSR count). The van der Waals surface area contributed by atoms with Crippen molar-refractivity contribution in [1.29, 1.82) is 0 Å². The van der Waals surface area contributed by atoms with Crippen molar-refractivity contribution in [3.8, 4) is 5.75 Å². The minimum absolute atomic E-state index is 0.107. The molecule has 4 nitrogen and oxygen atoms in total. The van der Waals surface area contributed by atoms with Crippen molar-refractivity contribution in [2.75, 3.05) is 33.9 Å². The second kappa shape index (κ2) is 7.57. The molecule has 4 heteroatoms. The summed E-state index contributed by atoms with van der Waals surface area (Å²) in [6.07, 6.45) is 2.54. The lowest BCUT2D eigenvalue weighted by atomic mass is 10.1. The van der Waals surface area contributed by atoms with E-state index in [9.17, 15) is 4.79 Å². The van der Waals surface area contributed by atoms with Gasteiger partial charge in [0.15, 0.2) is 5.78 Å². The number of methoxy groups -OCH3 is 2. The summed E-state index contributed by atoms with van der Waals surface area (Å²) in [5, 5.41) is 0. The quantitative estimate of drug-likeness (QED) is 0.656. The smallest absolute Gasteiger partial charge is 0.180 e. The van der Waals surface area contributed by atoms with Gasteiger partial charge in [0, 0.05) is 19.7 Å². The number of rotatable bonds is 9. The summed E-state index contributed by atoms with van der Waals surface area (Å²) in [4.78, 5) is 14.8. The number of para-hydroxylation sites is 1. The molecule has 0 amide bonds. The van der Waals surface area contributed by atoms with Crippen LogP contribution in [0.1, 0.15) is 30.1 Å². The molecule has 116 valence electrons. The predicted molar refractivity (Wildman–Crippen MR) is 83.0 cm³/mol. The zero-order valence-electron chi connectivity index (χ0n) is 13.2. The number of hydrogen-bond donors (Lipinski definition) is 0. The van der Waals surface area contributed by atoms with Crippen LogP contribution < -0.4 is 4.74 Å². The first-order chi connectivity index (χ1) is 10.2. The number of ether oxygens (including phenoxy) is 2. The molecule has 1 atom stereocenters. The molecule has 1 aliphatic rings. The largest absolute Gasteiger partial charge is 0.496 e. The van der Waals surface area contributed by atoms with Gasteiger partial charge in [-0.3, -0.25) is 9.69 Å². The van der Waals surface area contributed by atoms with E-state index in [0.717, 1.165) is 12.5 Å². The lowest BCUT2D eigenvalue weighted by molar-refractivity contribution is 0.0814. The van der Waals surface area contributed by atoms with Crippen LogP contribution in [0.15, 0.2) is 24.3 Å². The van der Waals surface area contributed by atoms with Gasteiger partial charge in [-0.1, -0.05) is 12.1 Å². The number of Topliss-reactive ketones (excluding diaryl/α,β-unsaturated/α-hetero) is 1. The second-order valence-corrected chi connectivity index (χ2v) is 5.66. The summed E-state index contributed by atoms with van der Waals surface area (Å²) in [6.45, 7) is 4.07. The number of benzene rings is 1. The van der Waals surface area contributed by atoms with Gasteiger partial charge in [0.1, 0.15) is 5.75 Å². The molecule has 0 aromatic heterocycles. The van der Waals surface area contributed by atoms with Crippen molar-refractivity contribution >= 4 is 5.78 Å². The molecule has 0 aliphatic heterocycles. The molecule has 1 aliphatic carbocycles. The van der Waals surface area contributed by atoms with Crippen molar-refractivity contribution in [2.45, 2.75) is 25.8 Å². The first kappa shape index (κ1) is 16.0. The Morgan fingerprint density at radius 1 is 1.33 bits per heavy atom. The van der Waals surface area contributed by atoms with E-state index in [1.807, 2.05) is 24.3 Å². The van der Waals surface area contributed by atoms with Gasteiger partial charge in [-0.25, -0.2) is 0 Å². The maximum absolute atomic E-state index is 12.6. The second-order valence-electron chi connectivity index (χ2n) is 5.66. The number of nitrogens with zero attached hydrogens (tertiary/aromatic N) is 1. The molecule has 0 spiro atoms. The van der Waals surface area contributed by atoms with E-state index in [0.29, 0.717) is 30.5 Å². The fourth-order valence-electron chi connectivity index (χ4n) is 2.66. The van der Waals surface area contributed by atoms with Gasteiger partial charge in [-0.2, -0.15) is 0 Å². The van der Waals surface area contributed by atoms with Crippen molar-refractivity contribution < 1.29 is 14.3 Å². The Bertz CT molecular complexity index is 471. The summed E-state index contributed by atoms with van der Waals surface area (Å²) in [6, 6.07) is 7.85. The van der Waals surface area contributed by atoms with Crippen LogP contribution in [0.5, 0.6) is 5.75 Å². The molecule has 1 saturated carbocycles. The Kier molecular flexibility index (Phi) is 5.76. The molecule has 1 aromatic carbocycles. The molecular formula is C17H25NO3. The van der Waals surface area contributed by atoms with Crippen LogP contribution in [0.25, 0.3) is 0 Å². The Balaban J connectivity index is 2.05.